The van der Waals surface area contributed by atoms with Gasteiger partial charge in [0.25, 0.3) is 0 Å². The van der Waals surface area contributed by atoms with Crippen LogP contribution in [0.4, 0.5) is 11.4 Å². The lowest BCUT2D eigenvalue weighted by Gasteiger charge is -2.13. The highest BCUT2D eigenvalue weighted by molar-refractivity contribution is 6.43. The molecule has 0 saturated carbocycles. The highest BCUT2D eigenvalue weighted by Gasteiger charge is 2.16. The van der Waals surface area contributed by atoms with Crippen molar-refractivity contribution in [2.24, 2.45) is 0 Å². The van der Waals surface area contributed by atoms with Gasteiger partial charge in [0, 0.05) is 11.4 Å². The Kier molecular flexibility index (Phi) is 4.61. The van der Waals surface area contributed by atoms with Crippen LogP contribution in [-0.4, -0.2) is 11.8 Å². The maximum atomic E-state index is 12.1. The van der Waals surface area contributed by atoms with E-state index in [4.69, 9.17) is 0 Å². The van der Waals surface area contributed by atoms with Crippen molar-refractivity contribution in [3.05, 3.63) is 58.7 Å². The molecule has 0 radical (unpaired) electrons. The molecule has 4 heteroatoms. The van der Waals surface area contributed by atoms with E-state index in [1.54, 1.807) is 6.07 Å². The maximum absolute atomic E-state index is 12.1. The Balaban J connectivity index is 2.13. The van der Waals surface area contributed by atoms with E-state index in [1.807, 2.05) is 58.0 Å². The number of rotatable bonds is 2. The van der Waals surface area contributed by atoms with Crippen molar-refractivity contribution in [2.45, 2.75) is 27.7 Å². The fourth-order valence-corrected chi connectivity index (χ4v) is 2.25. The van der Waals surface area contributed by atoms with Gasteiger partial charge >= 0.3 is 11.8 Å². The van der Waals surface area contributed by atoms with Crippen molar-refractivity contribution in [1.82, 2.24) is 0 Å². The summed E-state index contributed by atoms with van der Waals surface area (Å²) in [6.07, 6.45) is 0. The second-order valence-electron chi connectivity index (χ2n) is 5.42. The summed E-state index contributed by atoms with van der Waals surface area (Å²) in [5.41, 5.74) is 5.20. The van der Waals surface area contributed by atoms with Gasteiger partial charge in [0.05, 0.1) is 0 Å². The Labute approximate surface area is 130 Å². The predicted molar refractivity (Wildman–Crippen MR) is 89.1 cm³/mol. The SMILES string of the molecule is Cc1cccc(NC(=O)C(=O)Nc2c(C)cccc2C)c1C. The molecule has 0 heterocycles. The first-order valence-corrected chi connectivity index (χ1v) is 7.15. The lowest BCUT2D eigenvalue weighted by Crippen LogP contribution is -2.30. The van der Waals surface area contributed by atoms with Crippen molar-refractivity contribution in [3.63, 3.8) is 0 Å². The highest BCUT2D eigenvalue weighted by Crippen LogP contribution is 2.20. The highest BCUT2D eigenvalue weighted by atomic mass is 16.2. The standard InChI is InChI=1S/C18H20N2O2/c1-11-7-6-10-15(14(11)4)19-17(21)18(22)20-16-12(2)8-5-9-13(16)3/h5-10H,1-4H3,(H,19,21)(H,20,22). The number of carbonyl (C=O) groups excluding carboxylic acids is 2. The van der Waals surface area contributed by atoms with Gasteiger partial charge in [-0.2, -0.15) is 0 Å². The first kappa shape index (κ1) is 15.8. The molecule has 114 valence electrons. The molecule has 0 aliphatic rings. The number of carbonyl (C=O) groups is 2. The van der Waals surface area contributed by atoms with Crippen LogP contribution in [0.15, 0.2) is 36.4 Å². The minimum atomic E-state index is -0.670. The fraction of sp³-hybridized carbons (Fsp3) is 0.222. The Bertz CT molecular complexity index is 716. The number of hydrogen-bond acceptors (Lipinski definition) is 2. The molecular formula is C18H20N2O2. The molecule has 4 nitrogen and oxygen atoms in total. The van der Waals surface area contributed by atoms with Gasteiger partial charge < -0.3 is 10.6 Å². The van der Waals surface area contributed by atoms with Crippen LogP contribution in [0.25, 0.3) is 0 Å². The zero-order valence-corrected chi connectivity index (χ0v) is 13.3. The molecule has 0 atom stereocenters. The van der Waals surface area contributed by atoms with Crippen LogP contribution in [-0.2, 0) is 9.59 Å². The molecule has 22 heavy (non-hydrogen) atoms. The largest absolute Gasteiger partial charge is 0.318 e. The van der Waals surface area contributed by atoms with Gasteiger partial charge in [-0.3, -0.25) is 9.59 Å². The van der Waals surface area contributed by atoms with E-state index < -0.39 is 11.8 Å². The second-order valence-corrected chi connectivity index (χ2v) is 5.42. The van der Waals surface area contributed by atoms with Crippen molar-refractivity contribution >= 4 is 23.2 Å². The van der Waals surface area contributed by atoms with Gasteiger partial charge in [-0.25, -0.2) is 0 Å². The number of amides is 2. The van der Waals surface area contributed by atoms with Crippen molar-refractivity contribution in [3.8, 4) is 0 Å². The molecule has 0 bridgehead atoms. The van der Waals surface area contributed by atoms with E-state index in [9.17, 15) is 9.59 Å². The topological polar surface area (TPSA) is 58.2 Å². The van der Waals surface area contributed by atoms with Crippen LogP contribution in [0, 0.1) is 27.7 Å². The molecule has 0 aromatic heterocycles. The first-order valence-electron chi connectivity index (χ1n) is 7.15. The Morgan fingerprint density at radius 2 is 1.23 bits per heavy atom. The minimum absolute atomic E-state index is 0.654. The third-order valence-corrected chi connectivity index (χ3v) is 3.78. The van der Waals surface area contributed by atoms with Gasteiger partial charge in [-0.15, -0.1) is 0 Å². The average Bonchev–Trinajstić information content (AvgIpc) is 2.47. The number of hydrogen-bond donors (Lipinski definition) is 2. The monoisotopic (exact) mass is 296 g/mol. The minimum Gasteiger partial charge on any atom is -0.318 e. The molecule has 2 amide bonds. The van der Waals surface area contributed by atoms with E-state index in [0.717, 1.165) is 22.3 Å². The van der Waals surface area contributed by atoms with Crippen molar-refractivity contribution < 1.29 is 9.59 Å². The van der Waals surface area contributed by atoms with E-state index in [2.05, 4.69) is 10.6 Å². The van der Waals surface area contributed by atoms with Gasteiger partial charge in [-0.1, -0.05) is 30.3 Å². The lowest BCUT2D eigenvalue weighted by molar-refractivity contribution is -0.133. The Hall–Kier alpha value is -2.62. The summed E-state index contributed by atoms with van der Waals surface area (Å²) in [6, 6.07) is 11.3. The number of benzene rings is 2. The molecule has 2 rings (SSSR count). The zero-order chi connectivity index (χ0) is 16.3. The van der Waals surface area contributed by atoms with Gasteiger partial charge in [0.2, 0.25) is 0 Å². The second kappa shape index (κ2) is 6.43. The van der Waals surface area contributed by atoms with Crippen molar-refractivity contribution in [1.29, 1.82) is 0 Å². The third kappa shape index (κ3) is 3.34. The maximum Gasteiger partial charge on any atom is 0.314 e. The Morgan fingerprint density at radius 3 is 1.86 bits per heavy atom. The van der Waals surface area contributed by atoms with Gasteiger partial charge in [0.15, 0.2) is 0 Å². The van der Waals surface area contributed by atoms with Crippen LogP contribution < -0.4 is 10.6 Å². The number of anilines is 2. The number of nitrogens with one attached hydrogen (secondary N) is 2. The molecule has 2 N–H and O–H groups in total. The summed E-state index contributed by atoms with van der Waals surface area (Å²) < 4.78 is 0. The molecule has 0 saturated heterocycles. The smallest absolute Gasteiger partial charge is 0.314 e. The molecule has 0 fully saturated rings. The van der Waals surface area contributed by atoms with Gasteiger partial charge in [0.1, 0.15) is 0 Å². The van der Waals surface area contributed by atoms with Crippen LogP contribution >= 0.6 is 0 Å². The van der Waals surface area contributed by atoms with E-state index in [-0.39, 0.29) is 0 Å². The molecule has 0 aliphatic heterocycles. The van der Waals surface area contributed by atoms with Crippen LogP contribution in [0.1, 0.15) is 22.3 Å². The lowest BCUT2D eigenvalue weighted by atomic mass is 10.1. The molecular weight excluding hydrogens is 276 g/mol. The quantitative estimate of drug-likeness (QED) is 0.833. The zero-order valence-electron chi connectivity index (χ0n) is 13.3. The van der Waals surface area contributed by atoms with Crippen LogP contribution in [0.3, 0.4) is 0 Å². The average molecular weight is 296 g/mol. The Morgan fingerprint density at radius 1 is 0.727 bits per heavy atom. The fourth-order valence-electron chi connectivity index (χ4n) is 2.25. The summed E-state index contributed by atoms with van der Waals surface area (Å²) in [5.74, 6) is -1.34. The molecule has 0 aliphatic carbocycles. The summed E-state index contributed by atoms with van der Waals surface area (Å²) in [5, 5.41) is 5.34. The summed E-state index contributed by atoms with van der Waals surface area (Å²) in [4.78, 5) is 24.2. The molecule has 0 unspecified atom stereocenters. The van der Waals surface area contributed by atoms with Crippen LogP contribution in [0.2, 0.25) is 0 Å². The van der Waals surface area contributed by atoms with E-state index in [1.165, 1.54) is 0 Å². The normalized spacial score (nSPS) is 10.2. The first-order chi connectivity index (χ1) is 10.4. The van der Waals surface area contributed by atoms with Crippen molar-refractivity contribution in [2.75, 3.05) is 10.6 Å². The molecule has 2 aromatic rings. The predicted octanol–water partition coefficient (Wildman–Crippen LogP) is 3.50. The van der Waals surface area contributed by atoms with E-state index in [0.29, 0.717) is 11.4 Å². The van der Waals surface area contributed by atoms with E-state index >= 15 is 0 Å². The molecule has 0 spiro atoms. The third-order valence-electron chi connectivity index (χ3n) is 3.78. The van der Waals surface area contributed by atoms with Crippen LogP contribution in [0.5, 0.6) is 0 Å². The molecule has 2 aromatic carbocycles. The summed E-state index contributed by atoms with van der Waals surface area (Å²) in [7, 11) is 0. The van der Waals surface area contributed by atoms with Gasteiger partial charge in [-0.05, 0) is 56.0 Å². The summed E-state index contributed by atoms with van der Waals surface area (Å²) in [6.45, 7) is 7.66. The number of para-hydroxylation sites is 1. The number of aryl methyl sites for hydroxylation is 3. The summed E-state index contributed by atoms with van der Waals surface area (Å²) >= 11 is 0.